The van der Waals surface area contributed by atoms with Gasteiger partial charge in [-0.1, -0.05) is 0 Å². The third-order valence-corrected chi connectivity index (χ3v) is 3.17. The van der Waals surface area contributed by atoms with Gasteiger partial charge >= 0.3 is 5.97 Å². The van der Waals surface area contributed by atoms with Gasteiger partial charge in [0.05, 0.1) is 4.88 Å². The lowest BCUT2D eigenvalue weighted by Crippen LogP contribution is -2.38. The molecule has 18 heavy (non-hydrogen) atoms. The van der Waals surface area contributed by atoms with Gasteiger partial charge in [0.25, 0.3) is 0 Å². The summed E-state index contributed by atoms with van der Waals surface area (Å²) in [5.41, 5.74) is 5.09. The van der Waals surface area contributed by atoms with E-state index < -0.39 is 17.6 Å². The number of Topliss-reactive ketones (excluding diaryl/α,β-unsaturated/α-hetero) is 1. The largest absolute Gasteiger partial charge is 0.459 e. The Labute approximate surface area is 111 Å². The third kappa shape index (κ3) is 4.58. The first-order chi connectivity index (χ1) is 8.19. The van der Waals surface area contributed by atoms with E-state index in [0.29, 0.717) is 4.88 Å². The van der Waals surface area contributed by atoms with E-state index in [0.717, 1.165) is 4.88 Å². The van der Waals surface area contributed by atoms with Gasteiger partial charge in [-0.05, 0) is 39.8 Å². The highest BCUT2D eigenvalue weighted by Crippen LogP contribution is 2.18. The zero-order valence-corrected chi connectivity index (χ0v) is 12.0. The van der Waals surface area contributed by atoms with E-state index in [1.54, 1.807) is 26.8 Å². The lowest BCUT2D eigenvalue weighted by molar-refractivity contribution is -0.156. The molecule has 1 heterocycles. The Morgan fingerprint density at radius 3 is 2.44 bits per heavy atom. The van der Waals surface area contributed by atoms with Gasteiger partial charge in [0.2, 0.25) is 0 Å². The number of hydrogen-bond donors (Lipinski definition) is 1. The fraction of sp³-hybridized carbons (Fsp3) is 0.538. The van der Waals surface area contributed by atoms with Crippen LogP contribution >= 0.6 is 11.3 Å². The highest BCUT2D eigenvalue weighted by Gasteiger charge is 2.24. The first-order valence-electron chi connectivity index (χ1n) is 5.77. The van der Waals surface area contributed by atoms with Gasteiger partial charge in [-0.15, -0.1) is 11.3 Å². The molecule has 0 aliphatic carbocycles. The van der Waals surface area contributed by atoms with Crippen molar-refractivity contribution in [3.63, 3.8) is 0 Å². The first kappa shape index (κ1) is 14.9. The summed E-state index contributed by atoms with van der Waals surface area (Å²) in [6.45, 7) is 7.22. The molecule has 100 valence electrons. The summed E-state index contributed by atoms with van der Waals surface area (Å²) in [4.78, 5) is 25.2. The smallest absolute Gasteiger partial charge is 0.323 e. The summed E-state index contributed by atoms with van der Waals surface area (Å²) in [7, 11) is 0. The topological polar surface area (TPSA) is 69.4 Å². The van der Waals surface area contributed by atoms with Crippen molar-refractivity contribution in [2.75, 3.05) is 0 Å². The second-order valence-electron chi connectivity index (χ2n) is 5.18. The molecule has 1 atom stereocenters. The second-order valence-corrected chi connectivity index (χ2v) is 6.47. The minimum absolute atomic E-state index is 0.0190. The molecule has 1 rings (SSSR count). The summed E-state index contributed by atoms with van der Waals surface area (Å²) in [6, 6.07) is 2.72. The number of thiophene rings is 1. The van der Waals surface area contributed by atoms with Crippen LogP contribution in [0.3, 0.4) is 0 Å². The van der Waals surface area contributed by atoms with Crippen molar-refractivity contribution in [2.45, 2.75) is 45.8 Å². The van der Waals surface area contributed by atoms with E-state index in [9.17, 15) is 9.59 Å². The van der Waals surface area contributed by atoms with Gasteiger partial charge in [-0.25, -0.2) is 0 Å². The Kier molecular flexibility index (Phi) is 4.65. The Morgan fingerprint density at radius 1 is 1.39 bits per heavy atom. The molecule has 4 nitrogen and oxygen atoms in total. The molecule has 0 fully saturated rings. The quantitative estimate of drug-likeness (QED) is 0.672. The van der Waals surface area contributed by atoms with Crippen LogP contribution in [0.4, 0.5) is 0 Å². The van der Waals surface area contributed by atoms with Crippen molar-refractivity contribution < 1.29 is 14.3 Å². The summed E-state index contributed by atoms with van der Waals surface area (Å²) in [5, 5.41) is 0. The van der Waals surface area contributed by atoms with Crippen molar-refractivity contribution >= 4 is 23.1 Å². The molecule has 0 radical (unpaired) electrons. The van der Waals surface area contributed by atoms with Crippen molar-refractivity contribution in [1.29, 1.82) is 0 Å². The minimum atomic E-state index is -0.904. The van der Waals surface area contributed by atoms with E-state index in [-0.39, 0.29) is 12.2 Å². The fourth-order valence-corrected chi connectivity index (χ4v) is 2.16. The molecule has 1 unspecified atom stereocenters. The predicted octanol–water partition coefficient (Wildman–Crippen LogP) is 2.30. The summed E-state index contributed by atoms with van der Waals surface area (Å²) in [5.74, 6) is -0.657. The molecular formula is C13H19NO3S. The number of hydrogen-bond acceptors (Lipinski definition) is 5. The first-order valence-corrected chi connectivity index (χ1v) is 6.59. The zero-order chi connectivity index (χ0) is 13.9. The number of nitrogens with two attached hydrogens (primary N) is 1. The van der Waals surface area contributed by atoms with Crippen LogP contribution in [-0.4, -0.2) is 23.4 Å². The molecule has 0 bridgehead atoms. The van der Waals surface area contributed by atoms with Crippen LogP contribution in [0.25, 0.3) is 0 Å². The van der Waals surface area contributed by atoms with E-state index in [1.807, 2.05) is 13.0 Å². The van der Waals surface area contributed by atoms with Crippen molar-refractivity contribution in [3.05, 3.63) is 21.9 Å². The Balaban J connectivity index is 2.57. The monoisotopic (exact) mass is 269 g/mol. The molecule has 5 heteroatoms. The number of carbonyl (C=O) groups excluding carboxylic acids is 2. The van der Waals surface area contributed by atoms with E-state index in [1.165, 1.54) is 11.3 Å². The lowest BCUT2D eigenvalue weighted by atomic mass is 10.1. The molecule has 1 aromatic heterocycles. The molecule has 2 N–H and O–H groups in total. The van der Waals surface area contributed by atoms with Crippen LogP contribution in [0.1, 0.15) is 41.7 Å². The van der Waals surface area contributed by atoms with Crippen molar-refractivity contribution in [1.82, 2.24) is 0 Å². The van der Waals surface area contributed by atoms with Crippen LogP contribution in [-0.2, 0) is 9.53 Å². The van der Waals surface area contributed by atoms with Gasteiger partial charge in [0.1, 0.15) is 11.6 Å². The number of ketones is 1. The molecule has 0 aliphatic heterocycles. The minimum Gasteiger partial charge on any atom is -0.459 e. The van der Waals surface area contributed by atoms with Gasteiger partial charge in [-0.3, -0.25) is 9.59 Å². The zero-order valence-electron chi connectivity index (χ0n) is 11.1. The maximum atomic E-state index is 11.9. The average Bonchev–Trinajstić information content (AvgIpc) is 2.62. The number of carbonyl (C=O) groups is 2. The SMILES string of the molecule is Cc1ccc(C(=O)CC(N)C(=O)OC(C)(C)C)s1. The van der Waals surface area contributed by atoms with Crippen LogP contribution in [0.5, 0.6) is 0 Å². The van der Waals surface area contributed by atoms with E-state index >= 15 is 0 Å². The van der Waals surface area contributed by atoms with Crippen LogP contribution in [0.15, 0.2) is 12.1 Å². The summed E-state index contributed by atoms with van der Waals surface area (Å²) in [6.07, 6.45) is -0.0190. The van der Waals surface area contributed by atoms with Gasteiger partial charge in [-0.2, -0.15) is 0 Å². The maximum Gasteiger partial charge on any atom is 0.323 e. The molecule has 1 aromatic rings. The number of aryl methyl sites for hydroxylation is 1. The summed E-state index contributed by atoms with van der Waals surface area (Å²) < 4.78 is 5.13. The molecule has 0 aliphatic rings. The van der Waals surface area contributed by atoms with Gasteiger partial charge in [0.15, 0.2) is 5.78 Å². The van der Waals surface area contributed by atoms with E-state index in [4.69, 9.17) is 10.5 Å². The van der Waals surface area contributed by atoms with Crippen molar-refractivity contribution in [3.8, 4) is 0 Å². The Hall–Kier alpha value is -1.20. The lowest BCUT2D eigenvalue weighted by Gasteiger charge is -2.21. The normalized spacial score (nSPS) is 13.2. The number of rotatable bonds is 4. The molecule has 0 amide bonds. The van der Waals surface area contributed by atoms with Gasteiger partial charge in [0, 0.05) is 11.3 Å². The second kappa shape index (κ2) is 5.63. The fourth-order valence-electron chi connectivity index (χ4n) is 1.35. The Morgan fingerprint density at radius 2 is 2.00 bits per heavy atom. The highest BCUT2D eigenvalue weighted by molar-refractivity contribution is 7.14. The van der Waals surface area contributed by atoms with Crippen molar-refractivity contribution in [2.24, 2.45) is 5.73 Å². The molecule has 0 spiro atoms. The van der Waals surface area contributed by atoms with Crippen LogP contribution < -0.4 is 5.73 Å². The molecule has 0 saturated carbocycles. The van der Waals surface area contributed by atoms with Crippen LogP contribution in [0, 0.1) is 6.92 Å². The average molecular weight is 269 g/mol. The van der Waals surface area contributed by atoms with E-state index in [2.05, 4.69) is 0 Å². The predicted molar refractivity (Wildman–Crippen MR) is 71.8 cm³/mol. The van der Waals surface area contributed by atoms with Gasteiger partial charge < -0.3 is 10.5 Å². The third-order valence-electron chi connectivity index (χ3n) is 2.13. The molecular weight excluding hydrogens is 250 g/mol. The number of esters is 1. The summed E-state index contributed by atoms with van der Waals surface area (Å²) >= 11 is 1.41. The maximum absolute atomic E-state index is 11.9. The standard InChI is InChI=1S/C13H19NO3S/c1-8-5-6-11(18-8)10(15)7-9(14)12(16)17-13(2,3)4/h5-6,9H,7,14H2,1-4H3. The molecule has 0 aromatic carbocycles. The number of ether oxygens (including phenoxy) is 1. The van der Waals surface area contributed by atoms with Crippen LogP contribution in [0.2, 0.25) is 0 Å². The molecule has 0 saturated heterocycles. The Bertz CT molecular complexity index is 445. The highest BCUT2D eigenvalue weighted by atomic mass is 32.1.